The highest BCUT2D eigenvalue weighted by Gasteiger charge is 2.37. The lowest BCUT2D eigenvalue weighted by Crippen LogP contribution is -2.45. The summed E-state index contributed by atoms with van der Waals surface area (Å²) >= 11 is 1.73. The molecular formula is C11H25NO2SSi. The van der Waals surface area contributed by atoms with Gasteiger partial charge in [-0.1, -0.05) is 32.7 Å². The van der Waals surface area contributed by atoms with Gasteiger partial charge in [-0.05, 0) is 25.2 Å². The molecule has 96 valence electrons. The van der Waals surface area contributed by atoms with E-state index in [-0.39, 0.29) is 11.1 Å². The Labute approximate surface area is 105 Å². The molecule has 1 aliphatic rings. The maximum atomic E-state index is 6.16. The highest BCUT2D eigenvalue weighted by molar-refractivity contribution is 7.96. The Balaban J connectivity index is 2.39. The molecule has 0 amide bonds. The van der Waals surface area contributed by atoms with E-state index < -0.39 is 8.32 Å². The Bertz CT molecular complexity index is 231. The van der Waals surface area contributed by atoms with E-state index in [9.17, 15) is 0 Å². The summed E-state index contributed by atoms with van der Waals surface area (Å²) in [6.45, 7) is 13.1. The number of nitrogens with zero attached hydrogens (tertiary/aromatic N) is 1. The van der Waals surface area contributed by atoms with Crippen LogP contribution in [0.1, 0.15) is 20.8 Å². The summed E-state index contributed by atoms with van der Waals surface area (Å²) in [5.41, 5.74) is 0. The molecule has 0 aromatic carbocycles. The van der Waals surface area contributed by atoms with Crippen LogP contribution in [0.5, 0.6) is 0 Å². The molecule has 0 bridgehead atoms. The van der Waals surface area contributed by atoms with E-state index in [0.717, 1.165) is 19.1 Å². The second kappa shape index (κ2) is 5.39. The molecule has 1 fully saturated rings. The summed E-state index contributed by atoms with van der Waals surface area (Å²) in [6, 6.07) is 0. The average molecular weight is 263 g/mol. The van der Waals surface area contributed by atoms with Crippen molar-refractivity contribution in [2.45, 2.75) is 45.0 Å². The highest BCUT2D eigenvalue weighted by Crippen LogP contribution is 2.36. The Hall–Kier alpha value is 0.447. The number of hydrogen-bond donors (Lipinski definition) is 0. The molecule has 0 saturated carbocycles. The zero-order valence-electron chi connectivity index (χ0n) is 11.4. The van der Waals surface area contributed by atoms with Crippen LogP contribution in [-0.2, 0) is 9.16 Å². The van der Waals surface area contributed by atoms with Gasteiger partial charge >= 0.3 is 0 Å². The molecule has 0 aromatic rings. The van der Waals surface area contributed by atoms with E-state index in [2.05, 4.69) is 45.2 Å². The number of hydrogen-bond acceptors (Lipinski definition) is 4. The first-order chi connectivity index (χ1) is 7.22. The van der Waals surface area contributed by atoms with E-state index >= 15 is 0 Å². The van der Waals surface area contributed by atoms with Gasteiger partial charge in [0.1, 0.15) is 5.94 Å². The largest absolute Gasteiger partial charge is 0.414 e. The summed E-state index contributed by atoms with van der Waals surface area (Å²) in [5.74, 6) is 0.752. The third-order valence-electron chi connectivity index (χ3n) is 3.47. The zero-order chi connectivity index (χ0) is 12.4. The SMILES string of the molecule is CN1CC(CO[Si](C)(C)C(C)(C)C)OCS1. The maximum absolute atomic E-state index is 6.16. The first-order valence-electron chi connectivity index (χ1n) is 5.82. The first-order valence-corrected chi connectivity index (χ1v) is 9.67. The molecule has 0 N–H and O–H groups in total. The standard InChI is InChI=1S/C11H25NO2SSi/c1-11(2,3)16(5,6)14-8-10-7-12(4)15-9-13-10/h10H,7-9H2,1-6H3. The minimum absolute atomic E-state index is 0.236. The van der Waals surface area contributed by atoms with Crippen molar-refractivity contribution in [2.24, 2.45) is 0 Å². The van der Waals surface area contributed by atoms with Crippen molar-refractivity contribution in [3.8, 4) is 0 Å². The highest BCUT2D eigenvalue weighted by atomic mass is 32.2. The van der Waals surface area contributed by atoms with Gasteiger partial charge in [-0.25, -0.2) is 4.31 Å². The summed E-state index contributed by atoms with van der Waals surface area (Å²) in [7, 11) is 0.487. The summed E-state index contributed by atoms with van der Waals surface area (Å²) in [5, 5.41) is 0.280. The molecule has 0 aromatic heterocycles. The minimum atomic E-state index is -1.62. The van der Waals surface area contributed by atoms with Crippen LogP contribution in [0, 0.1) is 0 Å². The van der Waals surface area contributed by atoms with Crippen LogP contribution >= 0.6 is 11.9 Å². The topological polar surface area (TPSA) is 21.7 Å². The average Bonchev–Trinajstić information content (AvgIpc) is 2.13. The lowest BCUT2D eigenvalue weighted by atomic mass is 10.2. The van der Waals surface area contributed by atoms with Gasteiger partial charge in [-0.15, -0.1) is 0 Å². The fraction of sp³-hybridized carbons (Fsp3) is 1.00. The second-order valence-corrected chi connectivity index (χ2v) is 11.8. The summed E-state index contributed by atoms with van der Waals surface area (Å²) in [4.78, 5) is 0. The van der Waals surface area contributed by atoms with Crippen molar-refractivity contribution in [3.05, 3.63) is 0 Å². The van der Waals surface area contributed by atoms with Crippen LogP contribution in [0.2, 0.25) is 18.1 Å². The Morgan fingerprint density at radius 1 is 1.44 bits per heavy atom. The first kappa shape index (κ1) is 14.5. The van der Waals surface area contributed by atoms with Gasteiger partial charge in [0.05, 0.1) is 12.7 Å². The van der Waals surface area contributed by atoms with Crippen LogP contribution in [-0.4, -0.2) is 44.9 Å². The Morgan fingerprint density at radius 3 is 2.56 bits per heavy atom. The molecule has 1 saturated heterocycles. The Kier molecular flexibility index (Phi) is 4.89. The molecule has 1 atom stereocenters. The van der Waals surface area contributed by atoms with Crippen molar-refractivity contribution in [1.29, 1.82) is 0 Å². The molecule has 0 radical (unpaired) electrons. The van der Waals surface area contributed by atoms with Gasteiger partial charge in [0.15, 0.2) is 8.32 Å². The number of likely N-dealkylation sites (N-methyl/N-ethyl adjacent to an activating group) is 1. The summed E-state index contributed by atoms with van der Waals surface area (Å²) in [6.07, 6.45) is 0.236. The number of ether oxygens (including phenoxy) is 1. The minimum Gasteiger partial charge on any atom is -0.414 e. The van der Waals surface area contributed by atoms with Gasteiger partial charge in [-0.3, -0.25) is 0 Å². The van der Waals surface area contributed by atoms with E-state index in [0.29, 0.717) is 0 Å². The third kappa shape index (κ3) is 4.03. The van der Waals surface area contributed by atoms with Gasteiger partial charge in [0.2, 0.25) is 0 Å². The monoisotopic (exact) mass is 263 g/mol. The van der Waals surface area contributed by atoms with Gasteiger partial charge < -0.3 is 9.16 Å². The maximum Gasteiger partial charge on any atom is 0.192 e. The zero-order valence-corrected chi connectivity index (χ0v) is 13.2. The Morgan fingerprint density at radius 2 is 2.06 bits per heavy atom. The van der Waals surface area contributed by atoms with Crippen LogP contribution < -0.4 is 0 Å². The van der Waals surface area contributed by atoms with Crippen molar-refractivity contribution >= 4 is 20.3 Å². The predicted octanol–water partition coefficient (Wildman–Crippen LogP) is 2.94. The fourth-order valence-corrected chi connectivity index (χ4v) is 2.97. The fourth-order valence-electron chi connectivity index (χ4n) is 1.23. The molecular weight excluding hydrogens is 238 g/mol. The molecule has 1 unspecified atom stereocenters. The summed E-state index contributed by atoms with van der Waals surface area (Å²) < 4.78 is 14.1. The molecule has 1 aliphatic heterocycles. The quantitative estimate of drug-likeness (QED) is 0.576. The van der Waals surface area contributed by atoms with Crippen LogP contribution in [0.15, 0.2) is 0 Å². The van der Waals surface area contributed by atoms with Gasteiger partial charge in [0.25, 0.3) is 0 Å². The van der Waals surface area contributed by atoms with Gasteiger partial charge in [-0.2, -0.15) is 0 Å². The molecule has 0 spiro atoms. The van der Waals surface area contributed by atoms with Crippen molar-refractivity contribution in [2.75, 3.05) is 26.1 Å². The molecule has 3 nitrogen and oxygen atoms in total. The smallest absolute Gasteiger partial charge is 0.192 e. The second-order valence-electron chi connectivity index (χ2n) is 5.92. The molecule has 1 heterocycles. The van der Waals surface area contributed by atoms with Crippen LogP contribution in [0.4, 0.5) is 0 Å². The van der Waals surface area contributed by atoms with Crippen LogP contribution in [0.25, 0.3) is 0 Å². The predicted molar refractivity (Wildman–Crippen MR) is 73.1 cm³/mol. The van der Waals surface area contributed by atoms with Crippen LogP contribution in [0.3, 0.4) is 0 Å². The van der Waals surface area contributed by atoms with Gasteiger partial charge in [0, 0.05) is 6.54 Å². The van der Waals surface area contributed by atoms with E-state index in [1.54, 1.807) is 11.9 Å². The molecule has 1 rings (SSSR count). The third-order valence-corrected chi connectivity index (χ3v) is 8.81. The lowest BCUT2D eigenvalue weighted by molar-refractivity contribution is 0.0241. The normalized spacial score (nSPS) is 24.8. The van der Waals surface area contributed by atoms with Crippen molar-refractivity contribution in [1.82, 2.24) is 4.31 Å². The van der Waals surface area contributed by atoms with E-state index in [4.69, 9.17) is 9.16 Å². The van der Waals surface area contributed by atoms with E-state index in [1.807, 2.05) is 0 Å². The van der Waals surface area contributed by atoms with Crippen molar-refractivity contribution in [3.63, 3.8) is 0 Å². The lowest BCUT2D eigenvalue weighted by Gasteiger charge is -2.38. The number of rotatable bonds is 3. The molecule has 0 aliphatic carbocycles. The molecule has 16 heavy (non-hydrogen) atoms. The van der Waals surface area contributed by atoms with Crippen molar-refractivity contribution < 1.29 is 9.16 Å². The molecule has 5 heteroatoms. The van der Waals surface area contributed by atoms with E-state index in [1.165, 1.54) is 0 Å².